The van der Waals surface area contributed by atoms with E-state index in [0.29, 0.717) is 0 Å². The van der Waals surface area contributed by atoms with Gasteiger partial charge < -0.3 is 10.1 Å². The van der Waals surface area contributed by atoms with Gasteiger partial charge in [0.15, 0.2) is 0 Å². The number of halogens is 2. The summed E-state index contributed by atoms with van der Waals surface area (Å²) in [5, 5.41) is 2.18. The van der Waals surface area contributed by atoms with Crippen LogP contribution in [0.25, 0.3) is 0 Å². The highest BCUT2D eigenvalue weighted by Crippen LogP contribution is 2.35. The van der Waals surface area contributed by atoms with Crippen molar-refractivity contribution in [1.82, 2.24) is 5.32 Å². The number of hydrogen-bond donors (Lipinski definition) is 1. The lowest BCUT2D eigenvalue weighted by molar-refractivity contribution is -0.177. The molecule has 4 nitrogen and oxygen atoms in total. The van der Waals surface area contributed by atoms with E-state index in [0.717, 1.165) is 32.1 Å². The Kier molecular flexibility index (Phi) is 5.26. The molecule has 1 aliphatic rings. The number of carbonyl (C=O) groups is 2. The highest BCUT2D eigenvalue weighted by Gasteiger charge is 2.49. The third kappa shape index (κ3) is 4.14. The summed E-state index contributed by atoms with van der Waals surface area (Å²) >= 11 is 0. The summed E-state index contributed by atoms with van der Waals surface area (Å²) in [6.07, 6.45) is 5.03. The van der Waals surface area contributed by atoms with Crippen molar-refractivity contribution >= 4 is 11.9 Å². The largest absolute Gasteiger partial charge is 0.461 e. The van der Waals surface area contributed by atoms with E-state index in [1.54, 1.807) is 0 Å². The highest BCUT2D eigenvalue weighted by atomic mass is 19.3. The summed E-state index contributed by atoms with van der Waals surface area (Å²) in [5.41, 5.74) is -0.154. The molecule has 1 fully saturated rings. The van der Waals surface area contributed by atoms with Gasteiger partial charge in [-0.25, -0.2) is 4.79 Å². The monoisotopic (exact) mass is 277 g/mol. The summed E-state index contributed by atoms with van der Waals surface area (Å²) in [6, 6.07) is 0. The van der Waals surface area contributed by atoms with E-state index < -0.39 is 17.8 Å². The molecule has 1 aliphatic carbocycles. The molecule has 110 valence electrons. The molecule has 0 aromatic rings. The lowest BCUT2D eigenvalue weighted by atomic mass is 9.76. The van der Waals surface area contributed by atoms with Gasteiger partial charge in [0.05, 0.1) is 6.61 Å². The molecular formula is C13H21F2NO3. The van der Waals surface area contributed by atoms with E-state index in [1.165, 1.54) is 6.92 Å². The predicted molar refractivity (Wildman–Crippen MR) is 65.8 cm³/mol. The molecule has 1 N–H and O–H groups in total. The molecule has 0 atom stereocenters. The zero-order valence-corrected chi connectivity index (χ0v) is 11.4. The quantitative estimate of drug-likeness (QED) is 0.619. The van der Waals surface area contributed by atoms with Gasteiger partial charge >= 0.3 is 17.8 Å². The van der Waals surface area contributed by atoms with E-state index in [2.05, 4.69) is 10.1 Å². The Hall–Kier alpha value is -1.20. The van der Waals surface area contributed by atoms with Gasteiger partial charge in [-0.2, -0.15) is 8.78 Å². The van der Waals surface area contributed by atoms with Crippen molar-refractivity contribution in [2.45, 2.75) is 51.9 Å². The summed E-state index contributed by atoms with van der Waals surface area (Å²) in [6.45, 7) is 3.37. The van der Waals surface area contributed by atoms with Gasteiger partial charge in [-0.15, -0.1) is 0 Å². The summed E-state index contributed by atoms with van der Waals surface area (Å²) in [7, 11) is 0. The van der Waals surface area contributed by atoms with Crippen molar-refractivity contribution in [3.8, 4) is 0 Å². The average molecular weight is 277 g/mol. The lowest BCUT2D eigenvalue weighted by Gasteiger charge is -2.33. The molecule has 1 amide bonds. The van der Waals surface area contributed by atoms with Gasteiger partial charge in [0.25, 0.3) is 0 Å². The van der Waals surface area contributed by atoms with Crippen molar-refractivity contribution in [3.05, 3.63) is 0 Å². The molecule has 1 rings (SSSR count). The zero-order valence-electron chi connectivity index (χ0n) is 11.4. The standard InChI is InChI=1S/C13H21F2NO3/c1-3-19-11(18)13(14,15)10(17)16-9-12(2)7-5-4-6-8-12/h3-9H2,1-2H3,(H,16,17). The molecule has 0 aromatic carbocycles. The van der Waals surface area contributed by atoms with Crippen LogP contribution in [-0.2, 0) is 14.3 Å². The SMILES string of the molecule is CCOC(=O)C(F)(F)C(=O)NCC1(C)CCCCC1. The molecule has 0 spiro atoms. The maximum absolute atomic E-state index is 13.4. The van der Waals surface area contributed by atoms with E-state index >= 15 is 0 Å². The molecule has 0 radical (unpaired) electrons. The van der Waals surface area contributed by atoms with Crippen molar-refractivity contribution in [2.75, 3.05) is 13.2 Å². The van der Waals surface area contributed by atoms with Crippen molar-refractivity contribution in [1.29, 1.82) is 0 Å². The first-order valence-corrected chi connectivity index (χ1v) is 6.65. The molecule has 0 aliphatic heterocycles. The van der Waals surface area contributed by atoms with Crippen LogP contribution in [0.5, 0.6) is 0 Å². The molecule has 1 saturated carbocycles. The third-order valence-electron chi connectivity index (χ3n) is 3.55. The first-order chi connectivity index (χ1) is 8.82. The number of rotatable bonds is 5. The molecule has 6 heteroatoms. The van der Waals surface area contributed by atoms with Gasteiger partial charge in [0.1, 0.15) is 0 Å². The highest BCUT2D eigenvalue weighted by molar-refractivity contribution is 6.04. The molecule has 0 aromatic heterocycles. The zero-order chi connectivity index (χ0) is 14.5. The Morgan fingerprint density at radius 1 is 1.26 bits per heavy atom. The van der Waals surface area contributed by atoms with Crippen LogP contribution >= 0.6 is 0 Å². The number of alkyl halides is 2. The van der Waals surface area contributed by atoms with Crippen LogP contribution in [0.2, 0.25) is 0 Å². The summed E-state index contributed by atoms with van der Waals surface area (Å²) in [4.78, 5) is 22.4. The first kappa shape index (κ1) is 15.9. The Morgan fingerprint density at radius 3 is 2.37 bits per heavy atom. The molecule has 0 heterocycles. The number of nitrogens with one attached hydrogen (secondary N) is 1. The summed E-state index contributed by atoms with van der Waals surface area (Å²) in [5.74, 6) is -7.47. The molecular weight excluding hydrogens is 256 g/mol. The van der Waals surface area contributed by atoms with Gasteiger partial charge in [-0.3, -0.25) is 4.79 Å². The molecule has 19 heavy (non-hydrogen) atoms. The maximum atomic E-state index is 13.4. The Labute approximate surface area is 111 Å². The van der Waals surface area contributed by atoms with Gasteiger partial charge in [0.2, 0.25) is 0 Å². The van der Waals surface area contributed by atoms with Crippen molar-refractivity contribution < 1.29 is 23.1 Å². The van der Waals surface area contributed by atoms with Gasteiger partial charge in [0, 0.05) is 6.54 Å². The summed E-state index contributed by atoms with van der Waals surface area (Å²) < 4.78 is 31.0. The van der Waals surface area contributed by atoms with Crippen LogP contribution < -0.4 is 5.32 Å². The number of esters is 1. The van der Waals surface area contributed by atoms with Crippen molar-refractivity contribution in [2.24, 2.45) is 5.41 Å². The van der Waals surface area contributed by atoms with Crippen LogP contribution in [0.3, 0.4) is 0 Å². The smallest absolute Gasteiger partial charge is 0.418 e. The molecule has 0 unspecified atom stereocenters. The minimum Gasteiger partial charge on any atom is -0.461 e. The molecule has 0 saturated heterocycles. The van der Waals surface area contributed by atoms with Crippen LogP contribution in [-0.4, -0.2) is 31.0 Å². The number of hydrogen-bond acceptors (Lipinski definition) is 3. The lowest BCUT2D eigenvalue weighted by Crippen LogP contribution is -2.49. The fourth-order valence-corrected chi connectivity index (χ4v) is 2.30. The number of carbonyl (C=O) groups excluding carboxylic acids is 2. The Morgan fingerprint density at radius 2 is 1.84 bits per heavy atom. The van der Waals surface area contributed by atoms with Crippen LogP contribution in [0.1, 0.15) is 46.0 Å². The minimum absolute atomic E-state index is 0.154. The number of ether oxygens (including phenoxy) is 1. The van der Waals surface area contributed by atoms with Gasteiger partial charge in [-0.1, -0.05) is 26.2 Å². The fraction of sp³-hybridized carbons (Fsp3) is 0.846. The van der Waals surface area contributed by atoms with E-state index in [9.17, 15) is 18.4 Å². The maximum Gasteiger partial charge on any atom is 0.418 e. The van der Waals surface area contributed by atoms with Crippen molar-refractivity contribution in [3.63, 3.8) is 0 Å². The Bertz CT molecular complexity index is 339. The van der Waals surface area contributed by atoms with Crippen LogP contribution in [0.15, 0.2) is 0 Å². The van der Waals surface area contributed by atoms with E-state index in [4.69, 9.17) is 0 Å². The fourth-order valence-electron chi connectivity index (χ4n) is 2.30. The third-order valence-corrected chi connectivity index (χ3v) is 3.55. The normalized spacial score (nSPS) is 18.7. The number of amides is 1. The second-order valence-corrected chi connectivity index (χ2v) is 5.35. The molecule has 0 bridgehead atoms. The first-order valence-electron chi connectivity index (χ1n) is 6.65. The average Bonchev–Trinajstić information content (AvgIpc) is 2.37. The topological polar surface area (TPSA) is 55.4 Å². The van der Waals surface area contributed by atoms with E-state index in [-0.39, 0.29) is 18.6 Å². The van der Waals surface area contributed by atoms with Gasteiger partial charge in [-0.05, 0) is 25.2 Å². The second-order valence-electron chi connectivity index (χ2n) is 5.35. The predicted octanol–water partition coefficient (Wildman–Crippen LogP) is 2.27. The van der Waals surface area contributed by atoms with E-state index in [1.807, 2.05) is 6.92 Å². The van der Waals surface area contributed by atoms with Crippen LogP contribution in [0.4, 0.5) is 8.78 Å². The second kappa shape index (κ2) is 6.30. The minimum atomic E-state index is -4.11. The van der Waals surface area contributed by atoms with Crippen LogP contribution in [0, 0.1) is 5.41 Å². The Balaban J connectivity index is 2.52.